The summed E-state index contributed by atoms with van der Waals surface area (Å²) in [5, 5.41) is 2.64. The fraction of sp³-hybridized carbons (Fsp3) is 0.357. The molecule has 9 heteroatoms. The SMILES string of the molecule is COc1ccc(S(=O)(=O)N2CC[C@H](Oc3nccs3)C2)cc1Cl. The summed E-state index contributed by atoms with van der Waals surface area (Å²) in [5.74, 6) is 0.442. The van der Waals surface area contributed by atoms with E-state index in [0.29, 0.717) is 30.5 Å². The van der Waals surface area contributed by atoms with Gasteiger partial charge in [-0.25, -0.2) is 13.4 Å². The Bertz CT molecular complexity index is 780. The molecule has 1 saturated heterocycles. The third kappa shape index (κ3) is 3.45. The maximum Gasteiger partial charge on any atom is 0.273 e. The van der Waals surface area contributed by atoms with Crippen molar-refractivity contribution in [1.29, 1.82) is 0 Å². The first-order chi connectivity index (χ1) is 11.0. The molecule has 2 aromatic rings. The topological polar surface area (TPSA) is 68.7 Å². The highest BCUT2D eigenvalue weighted by molar-refractivity contribution is 7.89. The molecule has 0 N–H and O–H groups in total. The molecule has 0 radical (unpaired) electrons. The van der Waals surface area contributed by atoms with Crippen LogP contribution in [0.1, 0.15) is 6.42 Å². The molecule has 0 saturated carbocycles. The molecule has 0 aliphatic carbocycles. The molecule has 1 atom stereocenters. The van der Waals surface area contributed by atoms with Gasteiger partial charge in [-0.05, 0) is 24.6 Å². The van der Waals surface area contributed by atoms with E-state index in [1.807, 2.05) is 5.38 Å². The van der Waals surface area contributed by atoms with E-state index >= 15 is 0 Å². The molecule has 1 aromatic carbocycles. The van der Waals surface area contributed by atoms with E-state index in [1.165, 1.54) is 34.9 Å². The Morgan fingerprint density at radius 2 is 2.26 bits per heavy atom. The Kier molecular flexibility index (Phi) is 4.77. The number of hydrogen-bond acceptors (Lipinski definition) is 6. The first-order valence-electron chi connectivity index (χ1n) is 6.90. The lowest BCUT2D eigenvalue weighted by atomic mass is 10.3. The monoisotopic (exact) mass is 374 g/mol. The number of aromatic nitrogens is 1. The molecule has 124 valence electrons. The Labute approximate surface area is 143 Å². The summed E-state index contributed by atoms with van der Waals surface area (Å²) in [5.41, 5.74) is 0. The average Bonchev–Trinajstić information content (AvgIpc) is 3.19. The van der Waals surface area contributed by atoms with Crippen molar-refractivity contribution in [3.05, 3.63) is 34.8 Å². The number of rotatable bonds is 5. The first kappa shape index (κ1) is 16.5. The predicted molar refractivity (Wildman–Crippen MR) is 87.9 cm³/mol. The molecular weight excluding hydrogens is 360 g/mol. The molecule has 23 heavy (non-hydrogen) atoms. The number of benzene rings is 1. The Hall–Kier alpha value is -1.35. The third-order valence-corrected chi connectivity index (χ3v) is 6.36. The zero-order valence-electron chi connectivity index (χ0n) is 12.3. The van der Waals surface area contributed by atoms with Crippen LogP contribution in [0.25, 0.3) is 0 Å². The second-order valence-electron chi connectivity index (χ2n) is 4.99. The van der Waals surface area contributed by atoms with Crippen LogP contribution in [-0.4, -0.2) is 44.0 Å². The van der Waals surface area contributed by atoms with E-state index in [9.17, 15) is 8.42 Å². The van der Waals surface area contributed by atoms with Gasteiger partial charge in [-0.1, -0.05) is 22.9 Å². The number of thiazole rings is 1. The lowest BCUT2D eigenvalue weighted by Gasteiger charge is -2.17. The van der Waals surface area contributed by atoms with E-state index in [-0.39, 0.29) is 16.0 Å². The molecule has 0 amide bonds. The highest BCUT2D eigenvalue weighted by Crippen LogP contribution is 2.30. The second kappa shape index (κ2) is 6.64. The molecule has 1 aliphatic rings. The molecule has 1 aliphatic heterocycles. The predicted octanol–water partition coefficient (Wildman–Crippen LogP) is 2.65. The molecule has 0 spiro atoms. The molecule has 3 rings (SSSR count). The van der Waals surface area contributed by atoms with E-state index in [1.54, 1.807) is 12.3 Å². The highest BCUT2D eigenvalue weighted by atomic mass is 35.5. The summed E-state index contributed by atoms with van der Waals surface area (Å²) in [6, 6.07) is 4.45. The van der Waals surface area contributed by atoms with Crippen LogP contribution in [0.2, 0.25) is 5.02 Å². The molecule has 0 bridgehead atoms. The average molecular weight is 375 g/mol. The summed E-state index contributed by atoms with van der Waals surface area (Å²) in [4.78, 5) is 4.20. The van der Waals surface area contributed by atoms with Crippen LogP contribution in [0.5, 0.6) is 10.9 Å². The Morgan fingerprint density at radius 3 is 2.91 bits per heavy atom. The largest absolute Gasteiger partial charge is 0.495 e. The number of sulfonamides is 1. The van der Waals surface area contributed by atoms with Gasteiger partial charge < -0.3 is 9.47 Å². The van der Waals surface area contributed by atoms with Crippen LogP contribution in [0.4, 0.5) is 0 Å². The maximum atomic E-state index is 12.7. The first-order valence-corrected chi connectivity index (χ1v) is 9.60. The zero-order valence-corrected chi connectivity index (χ0v) is 14.7. The van der Waals surface area contributed by atoms with Gasteiger partial charge in [-0.2, -0.15) is 4.31 Å². The van der Waals surface area contributed by atoms with Crippen molar-refractivity contribution in [3.8, 4) is 10.9 Å². The van der Waals surface area contributed by atoms with Crippen LogP contribution >= 0.6 is 22.9 Å². The van der Waals surface area contributed by atoms with Crippen molar-refractivity contribution in [2.45, 2.75) is 17.4 Å². The lowest BCUT2D eigenvalue weighted by Crippen LogP contribution is -2.31. The standard InChI is InChI=1S/C14H15ClN2O4S2/c1-20-13-3-2-11(8-12(13)15)23(18,19)17-6-4-10(9-17)21-14-16-5-7-22-14/h2-3,5,7-8,10H,4,6,9H2,1H3/t10-/m0/s1. The van der Waals surface area contributed by atoms with Gasteiger partial charge >= 0.3 is 0 Å². The lowest BCUT2D eigenvalue weighted by molar-refractivity contribution is 0.214. The van der Waals surface area contributed by atoms with Crippen LogP contribution in [-0.2, 0) is 10.0 Å². The van der Waals surface area contributed by atoms with E-state index in [4.69, 9.17) is 21.1 Å². The number of methoxy groups -OCH3 is 1. The minimum atomic E-state index is -3.60. The zero-order chi connectivity index (χ0) is 16.4. The van der Waals surface area contributed by atoms with Crippen molar-refractivity contribution in [3.63, 3.8) is 0 Å². The van der Waals surface area contributed by atoms with Gasteiger partial charge in [0.15, 0.2) is 0 Å². The van der Waals surface area contributed by atoms with E-state index < -0.39 is 10.0 Å². The normalized spacial score (nSPS) is 19.0. The molecule has 2 heterocycles. The summed E-state index contributed by atoms with van der Waals surface area (Å²) >= 11 is 7.41. The molecule has 0 unspecified atom stereocenters. The smallest absolute Gasteiger partial charge is 0.273 e. The van der Waals surface area contributed by atoms with Gasteiger partial charge in [0.2, 0.25) is 10.0 Å². The number of halogens is 1. The minimum absolute atomic E-state index is 0.151. The summed E-state index contributed by atoms with van der Waals surface area (Å²) < 4.78 is 37.5. The third-order valence-electron chi connectivity index (χ3n) is 3.55. The summed E-state index contributed by atoms with van der Waals surface area (Å²) in [6.45, 7) is 0.702. The van der Waals surface area contributed by atoms with Crippen molar-refractivity contribution in [1.82, 2.24) is 9.29 Å². The van der Waals surface area contributed by atoms with Gasteiger partial charge in [0.25, 0.3) is 5.19 Å². The van der Waals surface area contributed by atoms with Crippen molar-refractivity contribution in [2.24, 2.45) is 0 Å². The molecular formula is C14H15ClN2O4S2. The number of nitrogens with zero attached hydrogens (tertiary/aromatic N) is 2. The quantitative estimate of drug-likeness (QED) is 0.804. The number of hydrogen-bond donors (Lipinski definition) is 0. The van der Waals surface area contributed by atoms with Gasteiger partial charge in [0.1, 0.15) is 11.9 Å². The molecule has 6 nitrogen and oxygen atoms in total. The van der Waals surface area contributed by atoms with Crippen LogP contribution in [0.15, 0.2) is 34.7 Å². The van der Waals surface area contributed by atoms with Gasteiger partial charge in [0.05, 0.1) is 23.6 Å². The molecule has 1 fully saturated rings. The van der Waals surface area contributed by atoms with E-state index in [0.717, 1.165) is 0 Å². The fourth-order valence-electron chi connectivity index (χ4n) is 2.38. The van der Waals surface area contributed by atoms with Gasteiger partial charge in [0, 0.05) is 18.1 Å². The fourth-order valence-corrected chi connectivity index (χ4v) is 4.77. The highest BCUT2D eigenvalue weighted by Gasteiger charge is 2.34. The Balaban J connectivity index is 1.74. The van der Waals surface area contributed by atoms with Crippen molar-refractivity contribution < 1.29 is 17.9 Å². The summed E-state index contributed by atoms with van der Waals surface area (Å²) in [7, 11) is -2.12. The van der Waals surface area contributed by atoms with E-state index in [2.05, 4.69) is 4.98 Å². The van der Waals surface area contributed by atoms with Crippen molar-refractivity contribution in [2.75, 3.05) is 20.2 Å². The number of ether oxygens (including phenoxy) is 2. The van der Waals surface area contributed by atoms with Crippen LogP contribution in [0, 0.1) is 0 Å². The van der Waals surface area contributed by atoms with Crippen molar-refractivity contribution >= 4 is 33.0 Å². The molecule has 1 aromatic heterocycles. The minimum Gasteiger partial charge on any atom is -0.495 e. The second-order valence-corrected chi connectivity index (χ2v) is 8.19. The van der Waals surface area contributed by atoms with Gasteiger partial charge in [-0.3, -0.25) is 0 Å². The van der Waals surface area contributed by atoms with Gasteiger partial charge in [-0.15, -0.1) is 0 Å². The van der Waals surface area contributed by atoms with Crippen LogP contribution < -0.4 is 9.47 Å². The summed E-state index contributed by atoms with van der Waals surface area (Å²) in [6.07, 6.45) is 2.09. The Morgan fingerprint density at radius 1 is 1.43 bits per heavy atom. The maximum absolute atomic E-state index is 12.7. The van der Waals surface area contributed by atoms with Crippen LogP contribution in [0.3, 0.4) is 0 Å².